The highest BCUT2D eigenvalue weighted by atomic mass is 32.1. The summed E-state index contributed by atoms with van der Waals surface area (Å²) in [6, 6.07) is -5.85. The van der Waals surface area contributed by atoms with Gasteiger partial charge in [-0.3, -0.25) is 24.0 Å². The van der Waals surface area contributed by atoms with Crippen molar-refractivity contribution in [3.8, 4) is 0 Å². The third-order valence-electron chi connectivity index (χ3n) is 3.90. The monoisotopic (exact) mass is 465 g/mol. The maximum Gasteiger partial charge on any atom is 0.328 e. The van der Waals surface area contributed by atoms with E-state index in [1.165, 1.54) is 0 Å². The van der Waals surface area contributed by atoms with Crippen LogP contribution in [0.2, 0.25) is 0 Å². The summed E-state index contributed by atoms with van der Waals surface area (Å²) in [5, 5.41) is 33.7. The first-order valence-corrected chi connectivity index (χ1v) is 9.61. The predicted molar refractivity (Wildman–Crippen MR) is 108 cm³/mol. The lowest BCUT2D eigenvalue weighted by Crippen LogP contribution is -2.59. The lowest BCUT2D eigenvalue weighted by molar-refractivity contribution is -0.145. The fraction of sp³-hybridized carbons (Fsp3) is 0.625. The van der Waals surface area contributed by atoms with Crippen molar-refractivity contribution >= 4 is 48.2 Å². The van der Waals surface area contributed by atoms with Gasteiger partial charge in [-0.15, -0.1) is 0 Å². The highest BCUT2D eigenvalue weighted by Crippen LogP contribution is 2.03. The lowest BCUT2D eigenvalue weighted by Gasteiger charge is -2.24. The number of hydrogen-bond donors (Lipinski definition) is 9. The molecule has 5 unspecified atom stereocenters. The number of aliphatic hydroxyl groups is 1. The standard InChI is InChI=1S/C16H27N5O9S/c1-6(22)12(16(29)30)21-15(28)9(5-31)20-14(27)8(2-3-11(24)25)19-13(26)7(17)4-10(18)23/h6-9,12,22,31H,2-5,17H2,1H3,(H2,18,23)(H,19,26)(H,20,27)(H,21,28)(H,24,25)(H,29,30). The van der Waals surface area contributed by atoms with Crippen LogP contribution in [0.4, 0.5) is 0 Å². The minimum absolute atomic E-state index is 0.287. The minimum atomic E-state index is -1.65. The van der Waals surface area contributed by atoms with Gasteiger partial charge in [0, 0.05) is 12.2 Å². The molecule has 4 amide bonds. The van der Waals surface area contributed by atoms with Gasteiger partial charge in [-0.25, -0.2) is 4.79 Å². The summed E-state index contributed by atoms with van der Waals surface area (Å²) >= 11 is 3.91. The maximum atomic E-state index is 12.5. The fourth-order valence-corrected chi connectivity index (χ4v) is 2.49. The molecule has 0 saturated carbocycles. The molecule has 0 aliphatic carbocycles. The number of aliphatic hydroxyl groups excluding tert-OH is 1. The van der Waals surface area contributed by atoms with Crippen LogP contribution in [0.3, 0.4) is 0 Å². The number of hydrogen-bond acceptors (Lipinski definition) is 9. The molecule has 0 aromatic heterocycles. The number of aliphatic carboxylic acids is 2. The van der Waals surface area contributed by atoms with E-state index in [1.807, 2.05) is 5.32 Å². The Labute approximate surface area is 182 Å². The molecule has 0 bridgehead atoms. The second kappa shape index (κ2) is 13.4. The molecular formula is C16H27N5O9S. The first-order valence-electron chi connectivity index (χ1n) is 8.98. The van der Waals surface area contributed by atoms with E-state index in [2.05, 4.69) is 23.3 Å². The Kier molecular flexibility index (Phi) is 12.1. The van der Waals surface area contributed by atoms with E-state index in [0.29, 0.717) is 0 Å². The highest BCUT2D eigenvalue weighted by Gasteiger charge is 2.31. The Bertz CT molecular complexity index is 703. The smallest absolute Gasteiger partial charge is 0.328 e. The molecule has 0 saturated heterocycles. The van der Waals surface area contributed by atoms with Crippen LogP contribution in [0.15, 0.2) is 0 Å². The van der Waals surface area contributed by atoms with Crippen molar-refractivity contribution in [3.05, 3.63) is 0 Å². The second-order valence-corrected chi connectivity index (χ2v) is 6.94. The molecule has 0 heterocycles. The van der Waals surface area contributed by atoms with E-state index in [0.717, 1.165) is 6.92 Å². The van der Waals surface area contributed by atoms with Crippen LogP contribution in [0.1, 0.15) is 26.2 Å². The van der Waals surface area contributed by atoms with Crippen molar-refractivity contribution in [2.45, 2.75) is 56.5 Å². The average molecular weight is 465 g/mol. The molecule has 5 atom stereocenters. The average Bonchev–Trinajstić information content (AvgIpc) is 2.65. The Balaban J connectivity index is 5.32. The SMILES string of the molecule is CC(O)C(NC(=O)C(CS)NC(=O)C(CCC(=O)O)NC(=O)C(N)CC(N)=O)C(=O)O. The summed E-state index contributed by atoms with van der Waals surface area (Å²) in [4.78, 5) is 69.7. The van der Waals surface area contributed by atoms with Gasteiger partial charge in [-0.05, 0) is 13.3 Å². The molecule has 0 spiro atoms. The van der Waals surface area contributed by atoms with Gasteiger partial charge in [-0.1, -0.05) is 0 Å². The van der Waals surface area contributed by atoms with Crippen molar-refractivity contribution in [1.29, 1.82) is 0 Å². The molecule has 0 radical (unpaired) electrons. The van der Waals surface area contributed by atoms with E-state index in [-0.39, 0.29) is 12.2 Å². The first-order chi connectivity index (χ1) is 14.3. The molecule has 0 aliphatic heterocycles. The molecule has 0 aromatic rings. The van der Waals surface area contributed by atoms with Crippen molar-refractivity contribution in [3.63, 3.8) is 0 Å². The van der Waals surface area contributed by atoms with Crippen LogP contribution in [0, 0.1) is 0 Å². The highest BCUT2D eigenvalue weighted by molar-refractivity contribution is 7.80. The van der Waals surface area contributed by atoms with Crippen molar-refractivity contribution in [1.82, 2.24) is 16.0 Å². The lowest BCUT2D eigenvalue weighted by atomic mass is 10.1. The summed E-state index contributed by atoms with van der Waals surface area (Å²) in [6.07, 6.45) is -2.85. The van der Waals surface area contributed by atoms with E-state index in [9.17, 15) is 33.9 Å². The van der Waals surface area contributed by atoms with Gasteiger partial charge >= 0.3 is 11.9 Å². The Morgan fingerprint density at radius 3 is 1.87 bits per heavy atom. The van der Waals surface area contributed by atoms with Crippen LogP contribution in [-0.2, 0) is 28.8 Å². The number of carboxylic acids is 2. The van der Waals surface area contributed by atoms with Crippen LogP contribution in [0.5, 0.6) is 0 Å². The van der Waals surface area contributed by atoms with Crippen LogP contribution < -0.4 is 27.4 Å². The molecule has 10 N–H and O–H groups in total. The molecule has 0 aromatic carbocycles. The van der Waals surface area contributed by atoms with E-state index in [1.54, 1.807) is 0 Å². The maximum absolute atomic E-state index is 12.5. The molecule has 31 heavy (non-hydrogen) atoms. The molecule has 0 fully saturated rings. The number of carbonyl (C=O) groups is 6. The largest absolute Gasteiger partial charge is 0.481 e. The number of primary amides is 1. The zero-order chi connectivity index (χ0) is 24.3. The molecule has 0 rings (SSSR count). The van der Waals surface area contributed by atoms with Crippen LogP contribution >= 0.6 is 12.6 Å². The topological polar surface area (TPSA) is 251 Å². The van der Waals surface area contributed by atoms with Crippen molar-refractivity contribution in [2.75, 3.05) is 5.75 Å². The third kappa shape index (κ3) is 10.6. The Hall–Kier alpha value is -2.91. The van der Waals surface area contributed by atoms with Crippen molar-refractivity contribution in [2.24, 2.45) is 11.5 Å². The summed E-state index contributed by atoms with van der Waals surface area (Å²) in [6.45, 7) is 1.14. The zero-order valence-electron chi connectivity index (χ0n) is 16.6. The number of nitrogens with one attached hydrogen (secondary N) is 3. The van der Waals surface area contributed by atoms with E-state index in [4.69, 9.17) is 21.7 Å². The number of amides is 4. The number of carboxylic acid groups (broad SMARTS) is 2. The summed E-state index contributed by atoms with van der Waals surface area (Å²) in [7, 11) is 0. The third-order valence-corrected chi connectivity index (χ3v) is 4.26. The molecular weight excluding hydrogens is 438 g/mol. The Morgan fingerprint density at radius 2 is 1.45 bits per heavy atom. The molecule has 176 valence electrons. The normalized spacial score (nSPS) is 15.5. The van der Waals surface area contributed by atoms with Gasteiger partial charge in [0.15, 0.2) is 6.04 Å². The summed E-state index contributed by atoms with van der Waals surface area (Å²) in [5.41, 5.74) is 10.4. The minimum Gasteiger partial charge on any atom is -0.481 e. The summed E-state index contributed by atoms with van der Waals surface area (Å²) in [5.74, 6) is -6.83. The number of carbonyl (C=O) groups excluding carboxylic acids is 4. The van der Waals surface area contributed by atoms with Gasteiger partial charge in [-0.2, -0.15) is 12.6 Å². The van der Waals surface area contributed by atoms with Gasteiger partial charge in [0.05, 0.1) is 18.6 Å². The van der Waals surface area contributed by atoms with E-state index < -0.39 is 78.7 Å². The quantitative estimate of drug-likeness (QED) is 0.112. The Morgan fingerprint density at radius 1 is 0.935 bits per heavy atom. The van der Waals surface area contributed by atoms with Gasteiger partial charge in [0.2, 0.25) is 23.6 Å². The van der Waals surface area contributed by atoms with Crippen LogP contribution in [-0.4, -0.2) is 86.9 Å². The van der Waals surface area contributed by atoms with Crippen molar-refractivity contribution < 1.29 is 44.1 Å². The molecule has 15 heteroatoms. The summed E-state index contributed by atoms with van der Waals surface area (Å²) < 4.78 is 0. The van der Waals surface area contributed by atoms with Gasteiger partial charge < -0.3 is 42.7 Å². The fourth-order valence-electron chi connectivity index (χ4n) is 2.23. The van der Waals surface area contributed by atoms with E-state index >= 15 is 0 Å². The predicted octanol–water partition coefficient (Wildman–Crippen LogP) is -4.10. The zero-order valence-corrected chi connectivity index (χ0v) is 17.5. The number of nitrogens with two attached hydrogens (primary N) is 2. The van der Waals surface area contributed by atoms with Gasteiger partial charge in [0.25, 0.3) is 0 Å². The second-order valence-electron chi connectivity index (χ2n) is 6.58. The van der Waals surface area contributed by atoms with Crippen LogP contribution in [0.25, 0.3) is 0 Å². The molecule has 0 aliphatic rings. The number of thiol groups is 1. The van der Waals surface area contributed by atoms with Gasteiger partial charge in [0.1, 0.15) is 12.1 Å². The number of rotatable bonds is 14. The molecule has 14 nitrogen and oxygen atoms in total. The first kappa shape index (κ1) is 28.1.